The van der Waals surface area contributed by atoms with Crippen molar-refractivity contribution < 1.29 is 28.6 Å². The van der Waals surface area contributed by atoms with Gasteiger partial charge in [-0.05, 0) is 35.9 Å². The van der Waals surface area contributed by atoms with Crippen LogP contribution in [0.25, 0.3) is 0 Å². The molecule has 3 N–H and O–H groups in total. The van der Waals surface area contributed by atoms with Gasteiger partial charge in [-0.1, -0.05) is 18.2 Å². The molecule has 9 heteroatoms. The first-order valence-corrected chi connectivity index (χ1v) is 9.65. The van der Waals surface area contributed by atoms with Gasteiger partial charge in [0.05, 0.1) is 26.2 Å². The van der Waals surface area contributed by atoms with Crippen molar-refractivity contribution in [3.8, 4) is 5.75 Å². The standard InChI is InChI=1S/C22H27N3O6/c1-15(26)23-20(16-7-9-19(30-3)10-8-16)14-21(27)24-17-5-4-6-18(13-17)25-22(28)31-12-11-29-2/h4-10,13,20H,11-12,14H2,1-3H3,(H,23,26)(H,24,27)(H,25,28). The Morgan fingerprint density at radius 2 is 1.61 bits per heavy atom. The zero-order valence-electron chi connectivity index (χ0n) is 17.8. The summed E-state index contributed by atoms with van der Waals surface area (Å²) in [5.41, 5.74) is 1.74. The van der Waals surface area contributed by atoms with Gasteiger partial charge in [0, 0.05) is 25.4 Å². The van der Waals surface area contributed by atoms with Crippen molar-refractivity contribution in [3.05, 3.63) is 54.1 Å². The topological polar surface area (TPSA) is 115 Å². The molecule has 2 rings (SSSR count). The van der Waals surface area contributed by atoms with Gasteiger partial charge in [0.15, 0.2) is 0 Å². The molecular formula is C22H27N3O6. The van der Waals surface area contributed by atoms with E-state index in [1.165, 1.54) is 14.0 Å². The third-order valence-corrected chi connectivity index (χ3v) is 4.20. The highest BCUT2D eigenvalue weighted by atomic mass is 16.6. The van der Waals surface area contributed by atoms with Crippen LogP contribution in [0, 0.1) is 0 Å². The molecule has 0 heterocycles. The molecule has 3 amide bonds. The molecule has 0 aliphatic carbocycles. The largest absolute Gasteiger partial charge is 0.497 e. The first-order chi connectivity index (χ1) is 14.9. The average molecular weight is 429 g/mol. The van der Waals surface area contributed by atoms with E-state index in [9.17, 15) is 14.4 Å². The third kappa shape index (κ3) is 8.35. The van der Waals surface area contributed by atoms with E-state index in [2.05, 4.69) is 16.0 Å². The Balaban J connectivity index is 2.00. The van der Waals surface area contributed by atoms with Crippen LogP contribution in [-0.4, -0.2) is 45.3 Å². The van der Waals surface area contributed by atoms with Gasteiger partial charge in [-0.3, -0.25) is 14.9 Å². The highest BCUT2D eigenvalue weighted by Gasteiger charge is 2.17. The summed E-state index contributed by atoms with van der Waals surface area (Å²) >= 11 is 0. The summed E-state index contributed by atoms with van der Waals surface area (Å²) in [6.07, 6.45) is -0.589. The lowest BCUT2D eigenvalue weighted by Crippen LogP contribution is -2.29. The van der Waals surface area contributed by atoms with E-state index >= 15 is 0 Å². The van der Waals surface area contributed by atoms with Crippen LogP contribution in [0.2, 0.25) is 0 Å². The lowest BCUT2D eigenvalue weighted by molar-refractivity contribution is -0.120. The molecule has 0 fully saturated rings. The predicted octanol–water partition coefficient (Wildman–Crippen LogP) is 3.10. The van der Waals surface area contributed by atoms with Crippen LogP contribution in [0.15, 0.2) is 48.5 Å². The van der Waals surface area contributed by atoms with Crippen molar-refractivity contribution in [1.82, 2.24) is 5.32 Å². The van der Waals surface area contributed by atoms with E-state index in [0.717, 1.165) is 5.56 Å². The molecular weight excluding hydrogens is 402 g/mol. The SMILES string of the molecule is COCCOC(=O)Nc1cccc(NC(=O)CC(NC(C)=O)c2ccc(OC)cc2)c1. The van der Waals surface area contributed by atoms with E-state index < -0.39 is 12.1 Å². The minimum atomic E-state index is -0.620. The minimum Gasteiger partial charge on any atom is -0.497 e. The molecule has 0 saturated heterocycles. The molecule has 31 heavy (non-hydrogen) atoms. The maximum Gasteiger partial charge on any atom is 0.411 e. The van der Waals surface area contributed by atoms with E-state index in [1.807, 2.05) is 0 Å². The Morgan fingerprint density at radius 3 is 2.23 bits per heavy atom. The number of anilines is 2. The van der Waals surface area contributed by atoms with Gasteiger partial charge in [0.1, 0.15) is 12.4 Å². The maximum absolute atomic E-state index is 12.6. The molecule has 1 atom stereocenters. The smallest absolute Gasteiger partial charge is 0.411 e. The average Bonchev–Trinajstić information content (AvgIpc) is 2.73. The minimum absolute atomic E-state index is 0.0304. The van der Waals surface area contributed by atoms with Crippen molar-refractivity contribution in [2.75, 3.05) is 38.1 Å². The number of methoxy groups -OCH3 is 2. The Morgan fingerprint density at radius 1 is 0.935 bits per heavy atom. The Bertz CT molecular complexity index is 885. The first-order valence-electron chi connectivity index (χ1n) is 9.65. The lowest BCUT2D eigenvalue weighted by Gasteiger charge is -2.18. The van der Waals surface area contributed by atoms with Crippen LogP contribution in [0.5, 0.6) is 5.75 Å². The van der Waals surface area contributed by atoms with Crippen molar-refractivity contribution in [2.45, 2.75) is 19.4 Å². The second-order valence-electron chi connectivity index (χ2n) is 6.61. The highest BCUT2D eigenvalue weighted by molar-refractivity contribution is 5.93. The number of hydrogen-bond acceptors (Lipinski definition) is 6. The monoisotopic (exact) mass is 429 g/mol. The summed E-state index contributed by atoms with van der Waals surface area (Å²) in [6.45, 7) is 1.83. The number of ether oxygens (including phenoxy) is 3. The van der Waals surface area contributed by atoms with E-state index in [4.69, 9.17) is 14.2 Å². The molecule has 2 aromatic carbocycles. The fourth-order valence-corrected chi connectivity index (χ4v) is 2.78. The number of carbonyl (C=O) groups excluding carboxylic acids is 3. The quantitative estimate of drug-likeness (QED) is 0.500. The maximum atomic E-state index is 12.6. The van der Waals surface area contributed by atoms with E-state index in [1.54, 1.807) is 55.6 Å². The zero-order valence-corrected chi connectivity index (χ0v) is 17.8. The fraction of sp³-hybridized carbons (Fsp3) is 0.318. The normalized spacial score (nSPS) is 11.2. The summed E-state index contributed by atoms with van der Waals surface area (Å²) in [5, 5.41) is 8.15. The van der Waals surface area contributed by atoms with Crippen LogP contribution in [0.4, 0.5) is 16.2 Å². The van der Waals surface area contributed by atoms with E-state index in [0.29, 0.717) is 23.7 Å². The number of amides is 3. The molecule has 0 saturated carbocycles. The summed E-state index contributed by atoms with van der Waals surface area (Å²) in [6, 6.07) is 13.3. The zero-order chi connectivity index (χ0) is 22.6. The molecule has 2 aromatic rings. The Labute approximate surface area is 181 Å². The van der Waals surface area contributed by atoms with Crippen molar-refractivity contribution in [3.63, 3.8) is 0 Å². The van der Waals surface area contributed by atoms with Crippen LogP contribution < -0.4 is 20.7 Å². The Hall–Kier alpha value is -3.59. The number of nitrogens with one attached hydrogen (secondary N) is 3. The van der Waals surface area contributed by atoms with Gasteiger partial charge in [-0.2, -0.15) is 0 Å². The Kier molecular flexibility index (Phi) is 9.31. The molecule has 0 aromatic heterocycles. The predicted molar refractivity (Wildman–Crippen MR) is 116 cm³/mol. The third-order valence-electron chi connectivity index (χ3n) is 4.20. The van der Waals surface area contributed by atoms with Crippen molar-refractivity contribution >= 4 is 29.3 Å². The number of hydrogen-bond donors (Lipinski definition) is 3. The highest BCUT2D eigenvalue weighted by Crippen LogP contribution is 2.22. The van der Waals surface area contributed by atoms with Gasteiger partial charge in [-0.25, -0.2) is 4.79 Å². The summed E-state index contributed by atoms with van der Waals surface area (Å²) in [7, 11) is 3.08. The summed E-state index contributed by atoms with van der Waals surface area (Å²) < 4.78 is 14.9. The van der Waals surface area contributed by atoms with Crippen LogP contribution >= 0.6 is 0 Å². The first kappa shape index (κ1) is 23.7. The van der Waals surface area contributed by atoms with Gasteiger partial charge in [0.25, 0.3) is 0 Å². The lowest BCUT2D eigenvalue weighted by atomic mass is 10.0. The molecule has 0 spiro atoms. The van der Waals surface area contributed by atoms with Crippen molar-refractivity contribution in [1.29, 1.82) is 0 Å². The fourth-order valence-electron chi connectivity index (χ4n) is 2.78. The molecule has 9 nitrogen and oxygen atoms in total. The molecule has 166 valence electrons. The molecule has 0 aliphatic heterocycles. The summed E-state index contributed by atoms with van der Waals surface area (Å²) in [4.78, 5) is 35.9. The summed E-state index contributed by atoms with van der Waals surface area (Å²) in [5.74, 6) is 0.140. The second kappa shape index (κ2) is 12.2. The second-order valence-corrected chi connectivity index (χ2v) is 6.61. The van der Waals surface area contributed by atoms with Gasteiger partial charge in [-0.15, -0.1) is 0 Å². The van der Waals surface area contributed by atoms with Gasteiger partial charge >= 0.3 is 6.09 Å². The van der Waals surface area contributed by atoms with Crippen LogP contribution in [0.1, 0.15) is 24.9 Å². The number of carbonyl (C=O) groups is 3. The molecule has 1 unspecified atom stereocenters. The van der Waals surface area contributed by atoms with Gasteiger partial charge < -0.3 is 24.8 Å². The molecule has 0 radical (unpaired) electrons. The van der Waals surface area contributed by atoms with E-state index in [-0.39, 0.29) is 24.8 Å². The number of rotatable bonds is 10. The van der Waals surface area contributed by atoms with Gasteiger partial charge in [0.2, 0.25) is 11.8 Å². The van der Waals surface area contributed by atoms with Crippen LogP contribution in [-0.2, 0) is 19.1 Å². The molecule has 0 bridgehead atoms. The number of benzene rings is 2. The van der Waals surface area contributed by atoms with Crippen LogP contribution in [0.3, 0.4) is 0 Å². The van der Waals surface area contributed by atoms with Crippen molar-refractivity contribution in [2.24, 2.45) is 0 Å². The molecule has 0 aliphatic rings.